The largest absolute Gasteiger partial charge is 0.439 e. The fourth-order valence-electron chi connectivity index (χ4n) is 7.24. The number of ether oxygens (including phenoxy) is 1. The number of nitrogens with zero attached hydrogens (tertiary/aromatic N) is 2. The van der Waals surface area contributed by atoms with Gasteiger partial charge in [0, 0.05) is 12.1 Å². The molecule has 0 radical (unpaired) electrons. The Balaban J connectivity index is 1.49. The van der Waals surface area contributed by atoms with E-state index in [4.69, 9.17) is 10.5 Å². The molecule has 3 amide bonds. The van der Waals surface area contributed by atoms with E-state index in [9.17, 15) is 19.5 Å². The quantitative estimate of drug-likeness (QED) is 0.718. The minimum atomic E-state index is -0.700. The topological polar surface area (TPSA) is 113 Å². The van der Waals surface area contributed by atoms with Crippen LogP contribution in [0.25, 0.3) is 0 Å². The van der Waals surface area contributed by atoms with E-state index in [-0.39, 0.29) is 5.91 Å². The first-order valence-corrected chi connectivity index (χ1v) is 11.2. The summed E-state index contributed by atoms with van der Waals surface area (Å²) in [5.74, 6) is -0.0548. The van der Waals surface area contributed by atoms with E-state index in [2.05, 4.69) is 0 Å². The zero-order chi connectivity index (χ0) is 21.9. The Morgan fingerprint density at radius 1 is 1.17 bits per heavy atom. The molecule has 3 atom stereocenters. The van der Waals surface area contributed by atoms with Gasteiger partial charge in [-0.25, -0.2) is 4.79 Å². The van der Waals surface area contributed by atoms with Crippen LogP contribution in [0.2, 0.25) is 0 Å². The second-order valence-corrected chi connectivity index (χ2v) is 11.1. The summed E-state index contributed by atoms with van der Waals surface area (Å²) >= 11 is 0. The average Bonchev–Trinajstić information content (AvgIpc) is 3.06. The second-order valence-electron chi connectivity index (χ2n) is 11.1. The Morgan fingerprint density at radius 3 is 2.33 bits per heavy atom. The maximum absolute atomic E-state index is 13.3. The van der Waals surface area contributed by atoms with Gasteiger partial charge in [-0.15, -0.1) is 0 Å². The normalized spacial score (nSPS) is 37.3. The molecular formula is C22H35N3O5. The number of carbonyl (C=O) groups is 3. The summed E-state index contributed by atoms with van der Waals surface area (Å²) in [4.78, 5) is 40.7. The van der Waals surface area contributed by atoms with E-state index >= 15 is 0 Å². The van der Waals surface area contributed by atoms with Crippen molar-refractivity contribution in [1.29, 1.82) is 0 Å². The average molecular weight is 422 g/mol. The number of hydrogen-bond acceptors (Lipinski definition) is 5. The van der Waals surface area contributed by atoms with Gasteiger partial charge in [0.15, 0.2) is 6.61 Å². The van der Waals surface area contributed by atoms with E-state index in [1.165, 1.54) is 4.90 Å². The van der Waals surface area contributed by atoms with Crippen molar-refractivity contribution < 1.29 is 24.2 Å². The Hall–Kier alpha value is -1.83. The number of aliphatic hydroxyl groups is 1. The van der Waals surface area contributed by atoms with E-state index in [0.717, 1.165) is 32.1 Å². The van der Waals surface area contributed by atoms with Crippen LogP contribution < -0.4 is 5.73 Å². The molecule has 5 aliphatic rings. The highest BCUT2D eigenvalue weighted by Crippen LogP contribution is 2.60. The summed E-state index contributed by atoms with van der Waals surface area (Å²) in [5.41, 5.74) is 3.76. The van der Waals surface area contributed by atoms with E-state index in [1.54, 1.807) is 4.90 Å². The van der Waals surface area contributed by atoms with Gasteiger partial charge in [-0.3, -0.25) is 14.5 Å². The Bertz CT molecular complexity index is 732. The first kappa shape index (κ1) is 21.4. The van der Waals surface area contributed by atoms with Crippen LogP contribution in [0.3, 0.4) is 0 Å². The number of nitrogens with two attached hydrogens (primary N) is 1. The third-order valence-corrected chi connectivity index (χ3v) is 7.55. The molecule has 5 fully saturated rings. The highest BCUT2D eigenvalue weighted by molar-refractivity contribution is 5.88. The molecule has 0 aromatic rings. The smallest absolute Gasteiger partial charge is 0.411 e. The van der Waals surface area contributed by atoms with Crippen LogP contribution in [0.4, 0.5) is 4.79 Å². The summed E-state index contributed by atoms with van der Waals surface area (Å²) < 4.78 is 5.52. The standard InChI is InChI=1S/C22H35N3O5/c1-20(2,3)25(21-8-14-7-15(9-21)11-22(29,10-14)13-21)19(28)30-12-17(26)24-6-4-5-16(24)18(23)27/h14-16,29H,4-13H2,1-3H3,(H2,23,27). The van der Waals surface area contributed by atoms with Crippen LogP contribution in [0, 0.1) is 11.8 Å². The summed E-state index contributed by atoms with van der Waals surface area (Å²) in [5, 5.41) is 11.1. The van der Waals surface area contributed by atoms with Crippen molar-refractivity contribution in [2.24, 2.45) is 17.6 Å². The number of likely N-dealkylation sites (tertiary alicyclic amines) is 1. The molecule has 1 saturated heterocycles. The summed E-state index contributed by atoms with van der Waals surface area (Å²) in [6.45, 7) is 5.97. The molecule has 5 rings (SSSR count). The molecule has 4 bridgehead atoms. The molecule has 30 heavy (non-hydrogen) atoms. The van der Waals surface area contributed by atoms with Gasteiger partial charge in [0.25, 0.3) is 5.91 Å². The highest BCUT2D eigenvalue weighted by atomic mass is 16.6. The molecule has 168 valence electrons. The van der Waals surface area contributed by atoms with Crippen molar-refractivity contribution >= 4 is 17.9 Å². The molecular weight excluding hydrogens is 386 g/mol. The zero-order valence-electron chi connectivity index (χ0n) is 18.4. The second kappa shape index (κ2) is 7.11. The van der Waals surface area contributed by atoms with Gasteiger partial charge in [-0.2, -0.15) is 0 Å². The van der Waals surface area contributed by atoms with Crippen molar-refractivity contribution in [3.63, 3.8) is 0 Å². The molecule has 0 aromatic carbocycles. The summed E-state index contributed by atoms with van der Waals surface area (Å²) in [7, 11) is 0. The van der Waals surface area contributed by atoms with Crippen molar-refractivity contribution in [3.05, 3.63) is 0 Å². The molecule has 1 aliphatic heterocycles. The lowest BCUT2D eigenvalue weighted by atomic mass is 9.50. The molecule has 4 saturated carbocycles. The predicted molar refractivity (Wildman–Crippen MR) is 109 cm³/mol. The van der Waals surface area contributed by atoms with Crippen molar-refractivity contribution in [2.45, 2.75) is 94.9 Å². The number of carbonyl (C=O) groups excluding carboxylic acids is 3. The van der Waals surface area contributed by atoms with Crippen LogP contribution >= 0.6 is 0 Å². The third-order valence-electron chi connectivity index (χ3n) is 7.55. The summed E-state index contributed by atoms with van der Waals surface area (Å²) in [6, 6.07) is -0.618. The van der Waals surface area contributed by atoms with E-state index in [1.807, 2.05) is 20.8 Å². The van der Waals surface area contributed by atoms with Crippen molar-refractivity contribution in [2.75, 3.05) is 13.2 Å². The highest BCUT2D eigenvalue weighted by Gasteiger charge is 2.62. The lowest BCUT2D eigenvalue weighted by Gasteiger charge is -2.64. The van der Waals surface area contributed by atoms with Gasteiger partial charge >= 0.3 is 6.09 Å². The first-order valence-electron chi connectivity index (χ1n) is 11.2. The lowest BCUT2D eigenvalue weighted by Crippen LogP contribution is -2.70. The molecule has 4 aliphatic carbocycles. The lowest BCUT2D eigenvalue weighted by molar-refractivity contribution is -0.182. The molecule has 1 heterocycles. The maximum Gasteiger partial charge on any atom is 0.411 e. The van der Waals surface area contributed by atoms with Gasteiger partial charge in [-0.1, -0.05) is 0 Å². The monoisotopic (exact) mass is 421 g/mol. The molecule has 8 heteroatoms. The zero-order valence-corrected chi connectivity index (χ0v) is 18.4. The third kappa shape index (κ3) is 3.67. The van der Waals surface area contributed by atoms with Gasteiger partial charge in [0.1, 0.15) is 6.04 Å². The minimum Gasteiger partial charge on any atom is -0.439 e. The van der Waals surface area contributed by atoms with Gasteiger partial charge < -0.3 is 20.5 Å². The first-order chi connectivity index (χ1) is 13.9. The number of hydrogen-bond donors (Lipinski definition) is 2. The van der Waals surface area contributed by atoms with Crippen LogP contribution in [-0.2, 0) is 14.3 Å². The molecule has 0 spiro atoms. The van der Waals surface area contributed by atoms with Crippen molar-refractivity contribution in [1.82, 2.24) is 9.80 Å². The number of primary amides is 1. The fourth-order valence-corrected chi connectivity index (χ4v) is 7.24. The summed E-state index contributed by atoms with van der Waals surface area (Å²) in [6.07, 6.45) is 5.84. The Labute approximate surface area is 178 Å². The van der Waals surface area contributed by atoms with Crippen molar-refractivity contribution in [3.8, 4) is 0 Å². The Morgan fingerprint density at radius 2 is 1.80 bits per heavy atom. The van der Waals surface area contributed by atoms with Crippen LogP contribution in [0.5, 0.6) is 0 Å². The van der Waals surface area contributed by atoms with Crippen LogP contribution in [0.1, 0.15) is 72.1 Å². The number of amides is 3. The SMILES string of the molecule is CC(C)(C)N(C(=O)OCC(=O)N1CCCC1C(N)=O)C12CC3CC(CC(O)(C3)C1)C2. The maximum atomic E-state index is 13.3. The number of rotatable bonds is 4. The predicted octanol–water partition coefficient (Wildman–Crippen LogP) is 1.78. The van der Waals surface area contributed by atoms with E-state index in [0.29, 0.717) is 37.6 Å². The Kier molecular flexibility index (Phi) is 5.07. The van der Waals surface area contributed by atoms with Gasteiger partial charge in [0.05, 0.1) is 11.1 Å². The molecule has 3 unspecified atom stereocenters. The van der Waals surface area contributed by atoms with Gasteiger partial charge in [-0.05, 0) is 84.0 Å². The molecule has 0 aromatic heterocycles. The molecule has 3 N–H and O–H groups in total. The van der Waals surface area contributed by atoms with E-state index < -0.39 is 41.3 Å². The minimum absolute atomic E-state index is 0.386. The van der Waals surface area contributed by atoms with Gasteiger partial charge in [0.2, 0.25) is 5.91 Å². The van der Waals surface area contributed by atoms with Crippen LogP contribution in [-0.4, -0.2) is 68.7 Å². The molecule has 8 nitrogen and oxygen atoms in total. The fraction of sp³-hybridized carbons (Fsp3) is 0.864. The van der Waals surface area contributed by atoms with Crippen LogP contribution in [0.15, 0.2) is 0 Å².